The highest BCUT2D eigenvalue weighted by molar-refractivity contribution is 7.85. The average molecular weight is 408 g/mol. The predicted octanol–water partition coefficient (Wildman–Crippen LogP) is 3.07. The van der Waals surface area contributed by atoms with Crippen molar-refractivity contribution in [2.45, 2.75) is 13.5 Å². The van der Waals surface area contributed by atoms with Gasteiger partial charge in [-0.25, -0.2) is 4.99 Å². The van der Waals surface area contributed by atoms with Gasteiger partial charge in [-0.15, -0.1) is 4.40 Å². The largest absolute Gasteiger partial charge is 0.383 e. The van der Waals surface area contributed by atoms with E-state index in [0.29, 0.717) is 16.1 Å². The Morgan fingerprint density at radius 1 is 0.962 bits per heavy atom. The van der Waals surface area contributed by atoms with Crippen molar-refractivity contribution in [2.75, 3.05) is 6.61 Å². The van der Waals surface area contributed by atoms with E-state index in [4.69, 9.17) is 4.18 Å². The van der Waals surface area contributed by atoms with Crippen molar-refractivity contribution < 1.29 is 12.6 Å². The summed E-state index contributed by atoms with van der Waals surface area (Å²) in [7, 11) is -1.35. The van der Waals surface area contributed by atoms with Crippen LogP contribution in [0.1, 0.15) is 12.5 Å². The number of benzene rings is 2. The van der Waals surface area contributed by atoms with Gasteiger partial charge in [0.1, 0.15) is 0 Å². The third-order valence-corrected chi connectivity index (χ3v) is 6.47. The van der Waals surface area contributed by atoms with Crippen molar-refractivity contribution in [3.63, 3.8) is 0 Å². The molecule has 0 fully saturated rings. The molecule has 1 aromatic heterocycles. The highest BCUT2D eigenvalue weighted by Gasteiger charge is 2.10. The van der Waals surface area contributed by atoms with Crippen LogP contribution in [0.15, 0.2) is 70.1 Å². The van der Waals surface area contributed by atoms with Crippen molar-refractivity contribution in [2.24, 2.45) is 9.39 Å². The molecule has 0 aliphatic carbocycles. The second kappa shape index (κ2) is 8.54. The second-order valence-electron chi connectivity index (χ2n) is 5.18. The van der Waals surface area contributed by atoms with Crippen LogP contribution >= 0.6 is 20.7 Å². The molecule has 0 spiro atoms. The van der Waals surface area contributed by atoms with E-state index in [1.54, 1.807) is 11.5 Å². The lowest BCUT2D eigenvalue weighted by atomic mass is 10.2. The first-order chi connectivity index (χ1) is 12.6. The predicted molar refractivity (Wildman–Crippen MR) is 104 cm³/mol. The van der Waals surface area contributed by atoms with E-state index in [9.17, 15) is 8.42 Å². The van der Waals surface area contributed by atoms with E-state index in [2.05, 4.69) is 9.39 Å². The Balaban J connectivity index is 2.14. The monoisotopic (exact) mass is 407 g/mol. The second-order valence-corrected chi connectivity index (χ2v) is 8.51. The average Bonchev–Trinajstić information content (AvgIpc) is 2.97. The Hall–Kier alpha value is -2.07. The standard InChI is InChI=1S/C17H17N3O3S3/c1-2-23-26(21,22)19-17-20(13-14-9-5-3-6-10-14)16(24-25-17)18-15-11-7-4-8-12-15/h3-12H,2,13H2,1H3/b18-16?,19-17-. The normalized spacial score (nSPS) is 13.3. The van der Waals surface area contributed by atoms with Crippen LogP contribution < -0.4 is 9.60 Å². The molecule has 0 radical (unpaired) electrons. The van der Waals surface area contributed by atoms with Gasteiger partial charge in [-0.3, -0.25) is 8.75 Å². The van der Waals surface area contributed by atoms with Crippen LogP contribution in [0.4, 0.5) is 5.69 Å². The van der Waals surface area contributed by atoms with Crippen LogP contribution in [0.2, 0.25) is 0 Å². The lowest BCUT2D eigenvalue weighted by Gasteiger charge is -2.03. The van der Waals surface area contributed by atoms with Gasteiger partial charge >= 0.3 is 10.3 Å². The molecule has 0 bridgehead atoms. The number of rotatable bonds is 6. The van der Waals surface area contributed by atoms with Crippen LogP contribution in [-0.4, -0.2) is 19.6 Å². The fraction of sp³-hybridized carbons (Fsp3) is 0.176. The maximum absolute atomic E-state index is 12.0. The third kappa shape index (κ3) is 4.98. The maximum Gasteiger partial charge on any atom is 0.383 e. The van der Waals surface area contributed by atoms with E-state index < -0.39 is 10.3 Å². The fourth-order valence-electron chi connectivity index (χ4n) is 2.17. The molecule has 0 unspecified atom stereocenters. The van der Waals surface area contributed by atoms with E-state index >= 15 is 0 Å². The quantitative estimate of drug-likeness (QED) is 0.590. The zero-order chi connectivity index (χ0) is 18.4. The molecule has 0 atom stereocenters. The van der Waals surface area contributed by atoms with Gasteiger partial charge in [-0.1, -0.05) is 48.5 Å². The van der Waals surface area contributed by atoms with Crippen LogP contribution in [-0.2, 0) is 21.0 Å². The molecule has 0 saturated carbocycles. The van der Waals surface area contributed by atoms with Crippen molar-refractivity contribution >= 4 is 36.7 Å². The minimum atomic E-state index is -3.98. The SMILES string of the molecule is CCOS(=O)(=O)/N=c1\ssc(=Nc2ccccc2)n1Cc1ccccc1. The first kappa shape index (κ1) is 18.7. The van der Waals surface area contributed by atoms with Gasteiger partial charge in [-0.05, 0) is 45.3 Å². The van der Waals surface area contributed by atoms with Gasteiger partial charge in [-0.2, -0.15) is 8.42 Å². The molecule has 136 valence electrons. The number of para-hydroxylation sites is 1. The number of hydrogen-bond donors (Lipinski definition) is 0. The minimum absolute atomic E-state index is 0.0422. The first-order valence-electron chi connectivity index (χ1n) is 7.86. The van der Waals surface area contributed by atoms with Gasteiger partial charge in [0.15, 0.2) is 0 Å². The summed E-state index contributed by atoms with van der Waals surface area (Å²) in [6, 6.07) is 19.3. The Labute approximate surface area is 159 Å². The molecule has 26 heavy (non-hydrogen) atoms. The molecule has 9 heteroatoms. The minimum Gasteiger partial charge on any atom is -0.287 e. The van der Waals surface area contributed by atoms with Gasteiger partial charge in [0.05, 0.1) is 18.8 Å². The summed E-state index contributed by atoms with van der Waals surface area (Å²) in [5.74, 6) is 0. The molecular weight excluding hydrogens is 390 g/mol. The highest BCUT2D eigenvalue weighted by atomic mass is 32.9. The number of nitrogens with zero attached hydrogens (tertiary/aromatic N) is 3. The zero-order valence-electron chi connectivity index (χ0n) is 14.0. The highest BCUT2D eigenvalue weighted by Crippen LogP contribution is 2.10. The molecule has 0 saturated heterocycles. The Morgan fingerprint density at radius 3 is 2.23 bits per heavy atom. The lowest BCUT2D eigenvalue weighted by molar-refractivity contribution is 0.338. The molecule has 3 aromatic rings. The Morgan fingerprint density at radius 2 is 1.58 bits per heavy atom. The van der Waals surface area contributed by atoms with E-state index in [0.717, 1.165) is 11.3 Å². The van der Waals surface area contributed by atoms with Crippen molar-refractivity contribution in [1.82, 2.24) is 4.57 Å². The molecule has 3 rings (SSSR count). The summed E-state index contributed by atoms with van der Waals surface area (Å²) in [4.78, 5) is 5.64. The molecule has 0 amide bonds. The Bertz CT molecular complexity index is 1080. The summed E-state index contributed by atoms with van der Waals surface area (Å²) >= 11 is 0. The third-order valence-electron chi connectivity index (χ3n) is 3.27. The van der Waals surface area contributed by atoms with Crippen LogP contribution in [0, 0.1) is 0 Å². The first-order valence-corrected chi connectivity index (χ1v) is 11.4. The van der Waals surface area contributed by atoms with E-state index in [-0.39, 0.29) is 6.61 Å². The van der Waals surface area contributed by atoms with Crippen LogP contribution in [0.3, 0.4) is 0 Å². The van der Waals surface area contributed by atoms with Crippen molar-refractivity contribution in [3.05, 3.63) is 75.8 Å². The summed E-state index contributed by atoms with van der Waals surface area (Å²) in [5, 5.41) is 0. The lowest BCUT2D eigenvalue weighted by Crippen LogP contribution is -2.27. The van der Waals surface area contributed by atoms with Gasteiger partial charge in [0.25, 0.3) is 0 Å². The topological polar surface area (TPSA) is 73.0 Å². The van der Waals surface area contributed by atoms with Crippen LogP contribution in [0.25, 0.3) is 0 Å². The number of aromatic nitrogens is 1. The van der Waals surface area contributed by atoms with E-state index in [1.165, 1.54) is 20.7 Å². The van der Waals surface area contributed by atoms with Gasteiger partial charge in [0.2, 0.25) is 9.60 Å². The summed E-state index contributed by atoms with van der Waals surface area (Å²) in [6.45, 7) is 2.12. The van der Waals surface area contributed by atoms with Crippen LogP contribution in [0.5, 0.6) is 0 Å². The van der Waals surface area contributed by atoms with Crippen molar-refractivity contribution in [1.29, 1.82) is 0 Å². The molecule has 6 nitrogen and oxygen atoms in total. The molecule has 0 N–H and O–H groups in total. The molecule has 1 heterocycles. The molecule has 0 aliphatic rings. The Kier molecular flexibility index (Phi) is 6.15. The van der Waals surface area contributed by atoms with Gasteiger partial charge in [0, 0.05) is 0 Å². The summed E-state index contributed by atoms with van der Waals surface area (Å²) in [6.07, 6.45) is 0. The van der Waals surface area contributed by atoms with Crippen molar-refractivity contribution in [3.8, 4) is 0 Å². The molecule has 0 aliphatic heterocycles. The summed E-state index contributed by atoms with van der Waals surface area (Å²) < 4.78 is 34.2. The molecular formula is C17H17N3O3S3. The van der Waals surface area contributed by atoms with Gasteiger partial charge < -0.3 is 0 Å². The maximum atomic E-state index is 12.0. The number of hydrogen-bond acceptors (Lipinski definition) is 6. The summed E-state index contributed by atoms with van der Waals surface area (Å²) in [5.41, 5.74) is 1.82. The zero-order valence-corrected chi connectivity index (χ0v) is 16.4. The van der Waals surface area contributed by atoms with E-state index in [1.807, 2.05) is 60.7 Å². The molecule has 2 aromatic carbocycles. The fourth-order valence-corrected chi connectivity index (χ4v) is 5.42. The smallest absolute Gasteiger partial charge is 0.287 e.